The van der Waals surface area contributed by atoms with Gasteiger partial charge in [-0.2, -0.15) is 0 Å². The van der Waals surface area contributed by atoms with E-state index in [1.54, 1.807) is 12.3 Å². The summed E-state index contributed by atoms with van der Waals surface area (Å²) in [5.41, 5.74) is 1.30. The molecule has 1 heterocycles. The fourth-order valence-corrected chi connectivity index (χ4v) is 3.00. The number of aromatic nitrogens is 1. The number of carbonyl (C=O) groups excluding carboxylic acids is 1. The zero-order valence-corrected chi connectivity index (χ0v) is 13.4. The van der Waals surface area contributed by atoms with Gasteiger partial charge in [0.1, 0.15) is 5.69 Å². The van der Waals surface area contributed by atoms with E-state index >= 15 is 0 Å². The van der Waals surface area contributed by atoms with Crippen molar-refractivity contribution in [3.63, 3.8) is 0 Å². The zero-order valence-electron chi connectivity index (χ0n) is 11.0. The van der Waals surface area contributed by atoms with Gasteiger partial charge < -0.3 is 0 Å². The molecule has 104 valence electrons. The number of fused-ring (bicyclic) bond motifs is 1. The molecule has 0 aliphatic heterocycles. The molecule has 21 heavy (non-hydrogen) atoms. The average molecular weight is 361 g/mol. The van der Waals surface area contributed by atoms with Crippen molar-refractivity contribution in [3.8, 4) is 0 Å². The van der Waals surface area contributed by atoms with Crippen LogP contribution < -0.4 is 0 Å². The summed E-state index contributed by atoms with van der Waals surface area (Å²) in [4.78, 5) is 16.8. The van der Waals surface area contributed by atoms with Crippen LogP contribution >= 0.6 is 27.5 Å². The molecular weight excluding hydrogens is 350 g/mol. The van der Waals surface area contributed by atoms with Crippen LogP contribution in [0.25, 0.3) is 10.8 Å². The van der Waals surface area contributed by atoms with Gasteiger partial charge in [-0.1, -0.05) is 57.9 Å². The van der Waals surface area contributed by atoms with Gasteiger partial charge in [-0.25, -0.2) is 0 Å². The van der Waals surface area contributed by atoms with Crippen molar-refractivity contribution in [2.24, 2.45) is 0 Å². The Morgan fingerprint density at radius 3 is 2.76 bits per heavy atom. The molecule has 3 rings (SSSR count). The van der Waals surface area contributed by atoms with E-state index in [2.05, 4.69) is 20.9 Å². The highest BCUT2D eigenvalue weighted by Crippen LogP contribution is 2.24. The van der Waals surface area contributed by atoms with Crippen molar-refractivity contribution in [1.29, 1.82) is 0 Å². The summed E-state index contributed by atoms with van der Waals surface area (Å²) in [5, 5.41) is 2.47. The first-order valence-corrected chi connectivity index (χ1v) is 7.63. The lowest BCUT2D eigenvalue weighted by molar-refractivity contribution is 0.0990. The Bertz CT molecular complexity index is 827. The average Bonchev–Trinajstić information content (AvgIpc) is 2.49. The van der Waals surface area contributed by atoms with Gasteiger partial charge in [0.25, 0.3) is 0 Å². The minimum atomic E-state index is -0.0315. The maximum absolute atomic E-state index is 12.5. The van der Waals surface area contributed by atoms with Gasteiger partial charge in [0.05, 0.1) is 0 Å². The lowest BCUT2D eigenvalue weighted by Crippen LogP contribution is -2.07. The van der Waals surface area contributed by atoms with Crippen LogP contribution in [0.1, 0.15) is 16.1 Å². The Balaban J connectivity index is 1.97. The van der Waals surface area contributed by atoms with Crippen LogP contribution in [0.2, 0.25) is 5.02 Å². The van der Waals surface area contributed by atoms with Crippen molar-refractivity contribution < 1.29 is 4.79 Å². The first kappa shape index (κ1) is 14.2. The van der Waals surface area contributed by atoms with Crippen LogP contribution in [0.3, 0.4) is 0 Å². The fourth-order valence-electron chi connectivity index (χ4n) is 2.26. The van der Waals surface area contributed by atoms with Crippen LogP contribution in [0.15, 0.2) is 59.2 Å². The largest absolute Gasteiger partial charge is 0.292 e. The molecule has 0 saturated carbocycles. The van der Waals surface area contributed by atoms with E-state index in [9.17, 15) is 4.79 Å². The number of rotatable bonds is 3. The van der Waals surface area contributed by atoms with Gasteiger partial charge in [0.15, 0.2) is 5.78 Å². The molecule has 0 fully saturated rings. The Morgan fingerprint density at radius 1 is 1.14 bits per heavy atom. The third-order valence-corrected chi connectivity index (χ3v) is 4.15. The maximum Gasteiger partial charge on any atom is 0.186 e. The molecule has 0 aliphatic carbocycles. The second-order valence-corrected chi connectivity index (χ2v) is 6.04. The Morgan fingerprint density at radius 2 is 1.95 bits per heavy atom. The number of benzene rings is 2. The normalized spacial score (nSPS) is 10.8. The van der Waals surface area contributed by atoms with Gasteiger partial charge in [0, 0.05) is 27.5 Å². The van der Waals surface area contributed by atoms with Gasteiger partial charge in [0.2, 0.25) is 0 Å². The van der Waals surface area contributed by atoms with Gasteiger partial charge in [-0.3, -0.25) is 9.78 Å². The predicted molar refractivity (Wildman–Crippen MR) is 88.9 cm³/mol. The molecule has 0 N–H and O–H groups in total. The first-order chi connectivity index (χ1) is 10.1. The van der Waals surface area contributed by atoms with Crippen molar-refractivity contribution in [2.75, 3.05) is 0 Å². The zero-order chi connectivity index (χ0) is 14.8. The second-order valence-electron chi connectivity index (χ2n) is 4.72. The minimum absolute atomic E-state index is 0.0315. The van der Waals surface area contributed by atoms with Crippen LogP contribution in [0.4, 0.5) is 0 Å². The highest BCUT2D eigenvalue weighted by molar-refractivity contribution is 9.10. The number of Topliss-reactive ketones (excluding diaryl/α,β-unsaturated/α-hetero) is 1. The number of hydrogen-bond donors (Lipinski definition) is 0. The molecule has 0 spiro atoms. The number of ketones is 1. The summed E-state index contributed by atoms with van der Waals surface area (Å²) in [5.74, 6) is -0.0315. The van der Waals surface area contributed by atoms with E-state index < -0.39 is 0 Å². The molecule has 4 heteroatoms. The van der Waals surface area contributed by atoms with Gasteiger partial charge >= 0.3 is 0 Å². The number of carbonyl (C=O) groups is 1. The van der Waals surface area contributed by atoms with Gasteiger partial charge in [-0.05, 0) is 29.1 Å². The van der Waals surface area contributed by atoms with Crippen LogP contribution in [-0.4, -0.2) is 10.8 Å². The van der Waals surface area contributed by atoms with E-state index in [-0.39, 0.29) is 12.2 Å². The highest BCUT2D eigenvalue weighted by atomic mass is 79.9. The van der Waals surface area contributed by atoms with Crippen LogP contribution in [0.5, 0.6) is 0 Å². The molecule has 2 nitrogen and oxygen atoms in total. The molecule has 0 unspecified atom stereocenters. The SMILES string of the molecule is O=C(Cc1ccc(Br)cc1Cl)c1nccc2ccccc12. The standard InChI is InChI=1S/C17H11BrClNO/c18-13-6-5-12(15(19)10-13)9-16(21)17-14-4-2-1-3-11(14)7-8-20-17/h1-8,10H,9H2. The van der Waals surface area contributed by atoms with Crippen molar-refractivity contribution >= 4 is 44.1 Å². The summed E-state index contributed by atoms with van der Waals surface area (Å²) in [6.07, 6.45) is 1.91. The molecule has 0 amide bonds. The molecule has 1 aromatic heterocycles. The molecule has 0 radical (unpaired) electrons. The molecule has 0 aliphatic rings. The maximum atomic E-state index is 12.5. The molecular formula is C17H11BrClNO. The minimum Gasteiger partial charge on any atom is -0.292 e. The van der Waals surface area contributed by atoms with Crippen molar-refractivity contribution in [3.05, 3.63) is 75.5 Å². The summed E-state index contributed by atoms with van der Waals surface area (Å²) in [7, 11) is 0. The van der Waals surface area contributed by atoms with E-state index in [0.29, 0.717) is 10.7 Å². The van der Waals surface area contributed by atoms with Gasteiger partial charge in [-0.15, -0.1) is 0 Å². The number of nitrogens with zero attached hydrogens (tertiary/aromatic N) is 1. The van der Waals surface area contributed by atoms with E-state index in [1.807, 2.05) is 42.5 Å². The fraction of sp³-hybridized carbons (Fsp3) is 0.0588. The quantitative estimate of drug-likeness (QED) is 0.610. The molecule has 2 aromatic carbocycles. The second kappa shape index (κ2) is 5.96. The summed E-state index contributed by atoms with van der Waals surface area (Å²) in [6, 6.07) is 15.2. The summed E-state index contributed by atoms with van der Waals surface area (Å²) >= 11 is 9.53. The molecule has 0 bridgehead atoms. The van der Waals surface area contributed by atoms with Crippen LogP contribution in [-0.2, 0) is 6.42 Å². The molecule has 3 aromatic rings. The van der Waals surface area contributed by atoms with E-state index in [4.69, 9.17) is 11.6 Å². The van der Waals surface area contributed by atoms with Crippen molar-refractivity contribution in [1.82, 2.24) is 4.98 Å². The van der Waals surface area contributed by atoms with E-state index in [1.165, 1.54) is 0 Å². The highest BCUT2D eigenvalue weighted by Gasteiger charge is 2.14. The monoisotopic (exact) mass is 359 g/mol. The first-order valence-electron chi connectivity index (χ1n) is 6.46. The summed E-state index contributed by atoms with van der Waals surface area (Å²) < 4.78 is 0.895. The smallest absolute Gasteiger partial charge is 0.186 e. The number of hydrogen-bond acceptors (Lipinski definition) is 2. The Kier molecular flexibility index (Phi) is 4.04. The lowest BCUT2D eigenvalue weighted by Gasteiger charge is -2.06. The van der Waals surface area contributed by atoms with Crippen molar-refractivity contribution in [2.45, 2.75) is 6.42 Å². The lowest BCUT2D eigenvalue weighted by atomic mass is 10.0. The molecule has 0 atom stereocenters. The number of halogens is 2. The third-order valence-electron chi connectivity index (χ3n) is 3.30. The Hall–Kier alpha value is -1.71. The Labute approximate surface area is 135 Å². The predicted octanol–water partition coefficient (Wildman–Crippen LogP) is 5.08. The van der Waals surface area contributed by atoms with E-state index in [0.717, 1.165) is 20.8 Å². The van der Waals surface area contributed by atoms with Crippen LogP contribution in [0, 0.1) is 0 Å². The topological polar surface area (TPSA) is 30.0 Å². The molecule has 0 saturated heterocycles. The third kappa shape index (κ3) is 2.99. The summed E-state index contributed by atoms with van der Waals surface area (Å²) in [6.45, 7) is 0. The number of pyridine rings is 1.